The Labute approximate surface area is 165 Å². The van der Waals surface area contributed by atoms with Gasteiger partial charge in [0, 0.05) is 18.0 Å². The van der Waals surface area contributed by atoms with Gasteiger partial charge >= 0.3 is 0 Å². The summed E-state index contributed by atoms with van der Waals surface area (Å²) in [6, 6.07) is 13.8. The molecule has 0 aliphatic heterocycles. The lowest BCUT2D eigenvalue weighted by Crippen LogP contribution is -2.02. The molecule has 1 atom stereocenters. The number of hydrogen-bond donors (Lipinski definition) is 0. The van der Waals surface area contributed by atoms with Crippen LogP contribution in [0, 0.1) is 23.7 Å². The molecule has 1 aliphatic rings. The maximum atomic E-state index is 14.5. The van der Waals surface area contributed by atoms with Crippen molar-refractivity contribution in [3.8, 4) is 17.6 Å². The molecule has 0 bridgehead atoms. The van der Waals surface area contributed by atoms with Gasteiger partial charge in [-0.05, 0) is 55.9 Å². The Hall–Kier alpha value is -2.80. The molecule has 2 aromatic carbocycles. The molecule has 1 heterocycles. The van der Waals surface area contributed by atoms with Crippen LogP contribution in [0.15, 0.2) is 42.5 Å². The lowest BCUT2D eigenvalue weighted by atomic mass is 9.97. The molecular weight excluding hydrogens is 351 g/mol. The number of hydrogen-bond acceptors (Lipinski definition) is 2. The Morgan fingerprint density at radius 1 is 1.21 bits per heavy atom. The topological polar surface area (TPSA) is 27.1 Å². The van der Waals surface area contributed by atoms with Crippen molar-refractivity contribution < 1.29 is 9.13 Å². The molecule has 1 aliphatic carbocycles. The van der Waals surface area contributed by atoms with Gasteiger partial charge in [0.25, 0.3) is 0 Å². The van der Waals surface area contributed by atoms with Gasteiger partial charge in [-0.3, -0.25) is 4.68 Å². The molecule has 0 saturated heterocycles. The Morgan fingerprint density at radius 3 is 2.68 bits per heavy atom. The molecule has 0 amide bonds. The number of halogens is 1. The monoisotopic (exact) mass is 376 g/mol. The van der Waals surface area contributed by atoms with Crippen LogP contribution in [0.3, 0.4) is 0 Å². The summed E-state index contributed by atoms with van der Waals surface area (Å²) >= 11 is 0. The highest BCUT2D eigenvalue weighted by Gasteiger charge is 2.24. The Kier molecular flexibility index (Phi) is 5.34. The van der Waals surface area contributed by atoms with E-state index in [4.69, 9.17) is 4.74 Å². The van der Waals surface area contributed by atoms with Crippen LogP contribution in [0.2, 0.25) is 0 Å². The smallest absolute Gasteiger partial charge is 0.240 e. The van der Waals surface area contributed by atoms with Gasteiger partial charge in [0.2, 0.25) is 5.95 Å². The molecule has 4 rings (SSSR count). The number of ether oxygens (including phenoxy) is 1. The highest BCUT2D eigenvalue weighted by Crippen LogP contribution is 2.32. The second-order valence-electron chi connectivity index (χ2n) is 7.44. The predicted octanol–water partition coefficient (Wildman–Crippen LogP) is 5.68. The minimum atomic E-state index is -0.408. The first-order chi connectivity index (χ1) is 13.7. The van der Waals surface area contributed by atoms with E-state index in [1.54, 1.807) is 4.68 Å². The molecule has 4 heteroatoms. The quantitative estimate of drug-likeness (QED) is 0.496. The van der Waals surface area contributed by atoms with Gasteiger partial charge in [-0.1, -0.05) is 37.1 Å². The predicted molar refractivity (Wildman–Crippen MR) is 110 cm³/mol. The van der Waals surface area contributed by atoms with Crippen molar-refractivity contribution in [3.63, 3.8) is 0 Å². The van der Waals surface area contributed by atoms with Gasteiger partial charge in [-0.25, -0.2) is 0 Å². The highest BCUT2D eigenvalue weighted by atomic mass is 19.1. The third kappa shape index (κ3) is 3.89. The summed E-state index contributed by atoms with van der Waals surface area (Å²) in [6.45, 7) is 5.12. The molecular formula is C24H25FN2O. The van der Waals surface area contributed by atoms with Gasteiger partial charge in [-0.2, -0.15) is 4.39 Å². The summed E-state index contributed by atoms with van der Waals surface area (Å²) in [4.78, 5) is 0. The molecule has 3 aromatic rings. The van der Waals surface area contributed by atoms with E-state index in [2.05, 4.69) is 36.0 Å². The van der Waals surface area contributed by atoms with Crippen molar-refractivity contribution in [2.75, 3.05) is 0 Å². The van der Waals surface area contributed by atoms with Gasteiger partial charge < -0.3 is 4.74 Å². The molecule has 1 aromatic heterocycles. The van der Waals surface area contributed by atoms with E-state index in [1.807, 2.05) is 37.3 Å². The second kappa shape index (κ2) is 8.06. The largest absolute Gasteiger partial charge is 0.489 e. The summed E-state index contributed by atoms with van der Waals surface area (Å²) < 4.78 is 22.3. The van der Waals surface area contributed by atoms with Crippen molar-refractivity contribution in [1.29, 1.82) is 0 Å². The zero-order chi connectivity index (χ0) is 19.5. The second-order valence-corrected chi connectivity index (χ2v) is 7.44. The van der Waals surface area contributed by atoms with Gasteiger partial charge in [0.05, 0.1) is 10.9 Å². The van der Waals surface area contributed by atoms with Crippen LogP contribution in [0.5, 0.6) is 5.75 Å². The third-order valence-corrected chi connectivity index (χ3v) is 5.35. The first kappa shape index (κ1) is 18.6. The minimum absolute atomic E-state index is 0.249. The summed E-state index contributed by atoms with van der Waals surface area (Å²) in [5, 5.41) is 4.70. The zero-order valence-electron chi connectivity index (χ0n) is 16.4. The van der Waals surface area contributed by atoms with Crippen LogP contribution in [0.1, 0.15) is 50.2 Å². The molecule has 0 radical (unpaired) electrons. The average Bonchev–Trinajstić information content (AvgIpc) is 3.48. The molecule has 0 N–H and O–H groups in total. The summed E-state index contributed by atoms with van der Waals surface area (Å²) in [5.41, 5.74) is 2.87. The number of rotatable bonds is 7. The van der Waals surface area contributed by atoms with Crippen molar-refractivity contribution in [2.24, 2.45) is 5.92 Å². The van der Waals surface area contributed by atoms with Gasteiger partial charge in [0.1, 0.15) is 12.4 Å². The Morgan fingerprint density at radius 2 is 2.00 bits per heavy atom. The fourth-order valence-corrected chi connectivity index (χ4v) is 3.61. The fraction of sp³-hybridized carbons (Fsp3) is 0.375. The van der Waals surface area contributed by atoms with Crippen LogP contribution in [-0.2, 0) is 13.2 Å². The minimum Gasteiger partial charge on any atom is -0.489 e. The molecule has 1 fully saturated rings. The Bertz CT molecular complexity index is 1020. The van der Waals surface area contributed by atoms with E-state index in [0.29, 0.717) is 17.9 Å². The molecule has 144 valence electrons. The highest BCUT2D eigenvalue weighted by molar-refractivity contribution is 5.82. The van der Waals surface area contributed by atoms with Crippen LogP contribution in [0.25, 0.3) is 10.9 Å². The average molecular weight is 376 g/mol. The van der Waals surface area contributed by atoms with E-state index in [0.717, 1.165) is 29.8 Å². The third-order valence-electron chi connectivity index (χ3n) is 5.35. The molecule has 3 nitrogen and oxygen atoms in total. The molecule has 1 saturated carbocycles. The van der Waals surface area contributed by atoms with Gasteiger partial charge in [0.15, 0.2) is 0 Å². The SMILES string of the molecule is CC#C[C@@H](CC)c1ccc(OCc2cccc3c2c(F)nn3CC2CC2)cc1. The standard InChI is InChI=1S/C24H25FN2O/c1-3-6-18(4-2)19-11-13-21(14-12-19)28-16-20-7-5-8-22-23(20)24(25)26-27(22)15-17-9-10-17/h5,7-8,11-14,17-18H,4,9-10,15-16H2,1-2H3/t18-/m1/s1. The molecule has 0 spiro atoms. The van der Waals surface area contributed by atoms with Crippen LogP contribution < -0.4 is 4.74 Å². The van der Waals surface area contributed by atoms with Crippen molar-refractivity contribution in [1.82, 2.24) is 9.78 Å². The van der Waals surface area contributed by atoms with Crippen LogP contribution in [0.4, 0.5) is 4.39 Å². The summed E-state index contributed by atoms with van der Waals surface area (Å²) in [5.74, 6) is 7.48. The molecule has 28 heavy (non-hydrogen) atoms. The first-order valence-electron chi connectivity index (χ1n) is 9.98. The van der Waals surface area contributed by atoms with Crippen molar-refractivity contribution in [3.05, 3.63) is 59.5 Å². The lowest BCUT2D eigenvalue weighted by Gasteiger charge is -2.11. The lowest BCUT2D eigenvalue weighted by molar-refractivity contribution is 0.307. The molecule has 0 unspecified atom stereocenters. The number of nitrogens with zero attached hydrogens (tertiary/aromatic N) is 2. The number of aromatic nitrogens is 2. The number of fused-ring (bicyclic) bond motifs is 1. The zero-order valence-corrected chi connectivity index (χ0v) is 16.4. The van der Waals surface area contributed by atoms with Gasteiger partial charge in [-0.15, -0.1) is 11.0 Å². The summed E-state index contributed by atoms with van der Waals surface area (Å²) in [7, 11) is 0. The van der Waals surface area contributed by atoms with Crippen molar-refractivity contribution >= 4 is 10.9 Å². The van der Waals surface area contributed by atoms with E-state index in [9.17, 15) is 4.39 Å². The normalized spacial score (nSPS) is 14.5. The Balaban J connectivity index is 1.51. The summed E-state index contributed by atoms with van der Waals surface area (Å²) in [6.07, 6.45) is 3.40. The van der Waals surface area contributed by atoms with E-state index in [1.165, 1.54) is 18.4 Å². The van der Waals surface area contributed by atoms with E-state index < -0.39 is 5.95 Å². The van der Waals surface area contributed by atoms with E-state index in [-0.39, 0.29) is 5.92 Å². The van der Waals surface area contributed by atoms with E-state index >= 15 is 0 Å². The van der Waals surface area contributed by atoms with Crippen molar-refractivity contribution in [2.45, 2.75) is 52.2 Å². The fourth-order valence-electron chi connectivity index (χ4n) is 3.61. The van der Waals surface area contributed by atoms with Crippen LogP contribution >= 0.6 is 0 Å². The van der Waals surface area contributed by atoms with Crippen LogP contribution in [-0.4, -0.2) is 9.78 Å². The maximum Gasteiger partial charge on any atom is 0.240 e. The maximum absolute atomic E-state index is 14.5. The first-order valence-corrected chi connectivity index (χ1v) is 9.98. The number of benzene rings is 2.